The molecule has 2 heterocycles. The lowest BCUT2D eigenvalue weighted by molar-refractivity contribution is -0.384. The second-order valence-corrected chi connectivity index (χ2v) is 8.27. The third-order valence-electron chi connectivity index (χ3n) is 5.01. The molecule has 1 aromatic heterocycles. The van der Waals surface area contributed by atoms with Crippen LogP contribution in [0.3, 0.4) is 0 Å². The minimum atomic E-state index is -4.52. The average molecular weight is 509 g/mol. The van der Waals surface area contributed by atoms with Crippen molar-refractivity contribution in [1.82, 2.24) is 10.2 Å². The molecule has 10 nitrogen and oxygen atoms in total. The number of aromatic nitrogens is 2. The van der Waals surface area contributed by atoms with Crippen LogP contribution in [0.25, 0.3) is 11.5 Å². The number of non-ortho nitro benzene ring substituents is 1. The topological polar surface area (TPSA) is 124 Å². The first-order chi connectivity index (χ1) is 16.7. The second kappa shape index (κ2) is 10.3. The van der Waals surface area contributed by atoms with Crippen LogP contribution < -0.4 is 10.2 Å². The largest absolute Gasteiger partial charge is 0.416 e. The zero-order valence-corrected chi connectivity index (χ0v) is 18.8. The maximum absolute atomic E-state index is 13.2. The molecular formula is C21H18F3N5O5S. The van der Waals surface area contributed by atoms with Crippen molar-refractivity contribution < 1.29 is 32.0 Å². The molecule has 1 saturated heterocycles. The van der Waals surface area contributed by atoms with Crippen molar-refractivity contribution in [3.8, 4) is 11.5 Å². The van der Waals surface area contributed by atoms with Crippen molar-refractivity contribution in [2.45, 2.75) is 11.4 Å². The Bertz CT molecular complexity index is 1210. The Morgan fingerprint density at radius 1 is 1.14 bits per heavy atom. The van der Waals surface area contributed by atoms with Crippen LogP contribution in [0.4, 0.5) is 30.2 Å². The van der Waals surface area contributed by atoms with E-state index in [-0.39, 0.29) is 33.9 Å². The summed E-state index contributed by atoms with van der Waals surface area (Å²) in [5, 5.41) is 21.2. The number of benzene rings is 2. The van der Waals surface area contributed by atoms with E-state index in [2.05, 4.69) is 15.5 Å². The highest BCUT2D eigenvalue weighted by Crippen LogP contribution is 2.36. The second-order valence-electron chi connectivity index (χ2n) is 7.34. The normalized spacial score (nSPS) is 14.1. The van der Waals surface area contributed by atoms with Crippen molar-refractivity contribution in [3.05, 3.63) is 58.1 Å². The van der Waals surface area contributed by atoms with E-state index in [1.54, 1.807) is 4.90 Å². The number of nitro groups is 1. The van der Waals surface area contributed by atoms with Crippen LogP contribution in [0, 0.1) is 10.1 Å². The van der Waals surface area contributed by atoms with Gasteiger partial charge in [0.25, 0.3) is 10.9 Å². The van der Waals surface area contributed by atoms with E-state index < -0.39 is 22.6 Å². The SMILES string of the molecule is O=C(CSc1nnc(-c2ccc([N+](=O)[O-])cc2)o1)Nc1ccc(C(F)(F)F)cc1N1CCOCC1. The van der Waals surface area contributed by atoms with Gasteiger partial charge in [-0.15, -0.1) is 10.2 Å². The molecule has 1 fully saturated rings. The first-order valence-corrected chi connectivity index (χ1v) is 11.2. The summed E-state index contributed by atoms with van der Waals surface area (Å²) in [5.41, 5.74) is 0.0943. The number of nitrogens with one attached hydrogen (secondary N) is 1. The number of halogens is 3. The zero-order chi connectivity index (χ0) is 25.0. The molecule has 35 heavy (non-hydrogen) atoms. The zero-order valence-electron chi connectivity index (χ0n) is 17.9. The van der Waals surface area contributed by atoms with Gasteiger partial charge in [-0.25, -0.2) is 0 Å². The molecule has 2 aromatic carbocycles. The number of thioether (sulfide) groups is 1. The number of ether oxygens (including phenoxy) is 1. The lowest BCUT2D eigenvalue weighted by Gasteiger charge is -2.31. The Kier molecular flexibility index (Phi) is 7.21. The monoisotopic (exact) mass is 509 g/mol. The molecule has 0 radical (unpaired) electrons. The Balaban J connectivity index is 1.42. The first-order valence-electron chi connectivity index (χ1n) is 10.3. The fourth-order valence-electron chi connectivity index (χ4n) is 3.30. The number of anilines is 2. The summed E-state index contributed by atoms with van der Waals surface area (Å²) < 4.78 is 50.4. The summed E-state index contributed by atoms with van der Waals surface area (Å²) in [6, 6.07) is 8.69. The van der Waals surface area contributed by atoms with Crippen LogP contribution in [-0.4, -0.2) is 53.1 Å². The fourth-order valence-corrected chi connectivity index (χ4v) is 3.87. The highest BCUT2D eigenvalue weighted by atomic mass is 32.2. The van der Waals surface area contributed by atoms with E-state index in [0.29, 0.717) is 31.9 Å². The van der Waals surface area contributed by atoms with Crippen molar-refractivity contribution in [3.63, 3.8) is 0 Å². The average Bonchev–Trinajstić information content (AvgIpc) is 3.32. The predicted octanol–water partition coefficient (Wildman–Crippen LogP) is 4.23. The molecule has 1 aliphatic rings. The molecule has 0 spiro atoms. The number of morpholine rings is 1. The van der Waals surface area contributed by atoms with Crippen molar-refractivity contribution in [1.29, 1.82) is 0 Å². The Morgan fingerprint density at radius 2 is 1.86 bits per heavy atom. The number of hydrogen-bond acceptors (Lipinski definition) is 9. The van der Waals surface area contributed by atoms with Gasteiger partial charge in [-0.1, -0.05) is 11.8 Å². The summed E-state index contributed by atoms with van der Waals surface area (Å²) >= 11 is 0.946. The molecule has 0 unspecified atom stereocenters. The van der Waals surface area contributed by atoms with Crippen LogP contribution in [-0.2, 0) is 15.7 Å². The highest BCUT2D eigenvalue weighted by Gasteiger charge is 2.32. The number of carbonyl (C=O) groups excluding carboxylic acids is 1. The molecule has 0 atom stereocenters. The number of amides is 1. The molecule has 4 rings (SSSR count). The van der Waals surface area contributed by atoms with E-state index in [1.807, 2.05) is 0 Å². The van der Waals surface area contributed by atoms with Crippen molar-refractivity contribution >= 4 is 34.7 Å². The molecule has 0 bridgehead atoms. The molecular weight excluding hydrogens is 491 g/mol. The predicted molar refractivity (Wildman–Crippen MR) is 120 cm³/mol. The third-order valence-corrected chi connectivity index (χ3v) is 5.83. The Labute approximate surface area is 200 Å². The van der Waals surface area contributed by atoms with Gasteiger partial charge < -0.3 is 19.4 Å². The van der Waals surface area contributed by atoms with E-state index in [4.69, 9.17) is 9.15 Å². The van der Waals surface area contributed by atoms with Gasteiger partial charge in [0.1, 0.15) is 0 Å². The number of carbonyl (C=O) groups is 1. The fraction of sp³-hybridized carbons (Fsp3) is 0.286. The van der Waals surface area contributed by atoms with Gasteiger partial charge in [-0.05, 0) is 30.3 Å². The number of nitro benzene ring substituents is 1. The van der Waals surface area contributed by atoms with Gasteiger partial charge in [-0.2, -0.15) is 13.2 Å². The standard InChI is InChI=1S/C21H18F3N5O5S/c22-21(23,24)14-3-6-16(17(11-14)28-7-9-33-10-8-28)25-18(30)12-35-20-27-26-19(34-20)13-1-4-15(5-2-13)29(31)32/h1-6,11H,7-10,12H2,(H,25,30). The third kappa shape index (κ3) is 6.08. The molecule has 1 N–H and O–H groups in total. The maximum Gasteiger partial charge on any atom is 0.416 e. The van der Waals surface area contributed by atoms with E-state index in [1.165, 1.54) is 30.3 Å². The lowest BCUT2D eigenvalue weighted by Crippen LogP contribution is -2.37. The minimum Gasteiger partial charge on any atom is -0.411 e. The van der Waals surface area contributed by atoms with Crippen LogP contribution in [0.1, 0.15) is 5.56 Å². The summed E-state index contributed by atoms with van der Waals surface area (Å²) in [6.07, 6.45) is -4.52. The van der Waals surface area contributed by atoms with Crippen LogP contribution in [0.15, 0.2) is 52.1 Å². The summed E-state index contributed by atoms with van der Waals surface area (Å²) in [7, 11) is 0. The van der Waals surface area contributed by atoms with E-state index in [0.717, 1.165) is 23.9 Å². The van der Waals surface area contributed by atoms with Crippen molar-refractivity contribution in [2.75, 3.05) is 42.3 Å². The van der Waals surface area contributed by atoms with Crippen LogP contribution >= 0.6 is 11.8 Å². The van der Waals surface area contributed by atoms with Gasteiger partial charge >= 0.3 is 6.18 Å². The van der Waals surface area contributed by atoms with E-state index >= 15 is 0 Å². The molecule has 1 aliphatic heterocycles. The highest BCUT2D eigenvalue weighted by molar-refractivity contribution is 7.99. The molecule has 0 aliphatic carbocycles. The lowest BCUT2D eigenvalue weighted by atomic mass is 10.1. The molecule has 0 saturated carbocycles. The Hall–Kier alpha value is -3.65. The Morgan fingerprint density at radius 3 is 2.51 bits per heavy atom. The van der Waals surface area contributed by atoms with Gasteiger partial charge in [-0.3, -0.25) is 14.9 Å². The van der Waals surface area contributed by atoms with Crippen LogP contribution in [0.2, 0.25) is 0 Å². The molecule has 14 heteroatoms. The van der Waals surface area contributed by atoms with Gasteiger partial charge in [0, 0.05) is 30.8 Å². The number of rotatable bonds is 7. The number of alkyl halides is 3. The van der Waals surface area contributed by atoms with Gasteiger partial charge in [0.2, 0.25) is 11.8 Å². The summed E-state index contributed by atoms with van der Waals surface area (Å²) in [4.78, 5) is 24.5. The number of nitrogens with zero attached hydrogens (tertiary/aromatic N) is 4. The van der Waals surface area contributed by atoms with E-state index in [9.17, 15) is 28.1 Å². The van der Waals surface area contributed by atoms with Gasteiger partial charge in [0.15, 0.2) is 0 Å². The first kappa shape index (κ1) is 24.5. The molecule has 184 valence electrons. The summed E-state index contributed by atoms with van der Waals surface area (Å²) in [5.74, 6) is -0.481. The molecule has 3 aromatic rings. The minimum absolute atomic E-state index is 0.0840. The number of hydrogen-bond donors (Lipinski definition) is 1. The molecule has 1 amide bonds. The smallest absolute Gasteiger partial charge is 0.411 e. The summed E-state index contributed by atoms with van der Waals surface area (Å²) in [6.45, 7) is 1.53. The van der Waals surface area contributed by atoms with Gasteiger partial charge in [0.05, 0.1) is 40.8 Å². The van der Waals surface area contributed by atoms with Crippen LogP contribution in [0.5, 0.6) is 0 Å². The maximum atomic E-state index is 13.2. The quantitative estimate of drug-likeness (QED) is 0.283. The van der Waals surface area contributed by atoms with Crippen molar-refractivity contribution in [2.24, 2.45) is 0 Å².